The minimum atomic E-state index is -0.300. The number of ether oxygens (including phenoxy) is 3. The average molecular weight is 453 g/mol. The molecule has 2 heterocycles. The second-order valence-electron chi connectivity index (χ2n) is 8.83. The van der Waals surface area contributed by atoms with Crippen molar-refractivity contribution in [2.24, 2.45) is 11.8 Å². The standard InChI is InChI=1S/C25H28N2O6/c1-13-21(14-4-3-5-16(8-14)32-7-6-28)17-9-15(10-18(23(17)33-13)25(30)26-2)24(29)27-22-19-11-31-12-20(19)22/h3-5,8-10,13,19-22,28H,6-7,11-12H2,1-2H3,(H,26,30)(H,27,29)/t13-,19-,20+,21+,22?/m0/s1. The fraction of sp³-hybridized carbons (Fsp3) is 0.440. The SMILES string of the molecule is CNC(=O)c1cc(C(=O)NC2[C@H]3COC[C@@H]23)cc2c1O[C@@H](C)[C@@H]2c1cccc(OCCO)c1. The van der Waals surface area contributed by atoms with Crippen molar-refractivity contribution in [1.82, 2.24) is 10.6 Å². The van der Waals surface area contributed by atoms with Crippen LogP contribution in [0.2, 0.25) is 0 Å². The molecule has 2 fully saturated rings. The summed E-state index contributed by atoms with van der Waals surface area (Å²) in [4.78, 5) is 25.8. The van der Waals surface area contributed by atoms with Crippen LogP contribution < -0.4 is 20.1 Å². The lowest BCUT2D eigenvalue weighted by atomic mass is 9.86. The molecule has 3 aliphatic rings. The maximum atomic E-state index is 13.1. The highest BCUT2D eigenvalue weighted by molar-refractivity contribution is 6.02. The molecule has 5 atom stereocenters. The first-order chi connectivity index (χ1) is 16.0. The molecule has 2 aromatic carbocycles. The van der Waals surface area contributed by atoms with Crippen LogP contribution >= 0.6 is 0 Å². The van der Waals surface area contributed by atoms with Crippen LogP contribution in [-0.4, -0.2) is 62.5 Å². The van der Waals surface area contributed by atoms with E-state index in [-0.39, 0.29) is 43.1 Å². The number of amides is 2. The van der Waals surface area contributed by atoms with Gasteiger partial charge in [-0.05, 0) is 36.8 Å². The molecular formula is C25H28N2O6. The summed E-state index contributed by atoms with van der Waals surface area (Å²) in [5.74, 6) is 1.25. The third-order valence-electron chi connectivity index (χ3n) is 6.79. The Morgan fingerprint density at radius 2 is 1.94 bits per heavy atom. The van der Waals surface area contributed by atoms with Crippen molar-refractivity contribution in [1.29, 1.82) is 0 Å². The third-order valence-corrected chi connectivity index (χ3v) is 6.79. The van der Waals surface area contributed by atoms with Crippen LogP contribution in [0.15, 0.2) is 36.4 Å². The Labute approximate surface area is 192 Å². The maximum Gasteiger partial charge on any atom is 0.254 e. The zero-order chi connectivity index (χ0) is 23.1. The topological polar surface area (TPSA) is 106 Å². The van der Waals surface area contributed by atoms with Crippen LogP contribution in [0.25, 0.3) is 0 Å². The Kier molecular flexibility index (Phi) is 5.72. The van der Waals surface area contributed by atoms with E-state index >= 15 is 0 Å². The molecule has 0 spiro atoms. The molecular weight excluding hydrogens is 424 g/mol. The monoisotopic (exact) mass is 452 g/mol. The molecule has 2 aromatic rings. The van der Waals surface area contributed by atoms with E-state index < -0.39 is 0 Å². The number of nitrogens with one attached hydrogen (secondary N) is 2. The highest BCUT2D eigenvalue weighted by atomic mass is 16.5. The molecule has 3 N–H and O–H groups in total. The molecule has 0 radical (unpaired) electrons. The van der Waals surface area contributed by atoms with E-state index in [2.05, 4.69) is 10.6 Å². The van der Waals surface area contributed by atoms with Crippen molar-refractivity contribution in [3.63, 3.8) is 0 Å². The van der Waals surface area contributed by atoms with Gasteiger partial charge >= 0.3 is 0 Å². The summed E-state index contributed by atoms with van der Waals surface area (Å²) < 4.78 is 17.1. The van der Waals surface area contributed by atoms with E-state index in [1.807, 2.05) is 37.3 Å². The Hall–Kier alpha value is -3.10. The molecule has 1 unspecified atom stereocenters. The van der Waals surface area contributed by atoms with E-state index in [9.17, 15) is 9.59 Å². The largest absolute Gasteiger partial charge is 0.491 e. The summed E-state index contributed by atoms with van der Waals surface area (Å²) in [7, 11) is 1.56. The normalized spacial score (nSPS) is 26.7. The molecule has 174 valence electrons. The summed E-state index contributed by atoms with van der Waals surface area (Å²) in [6.45, 7) is 3.45. The van der Waals surface area contributed by atoms with Gasteiger partial charge < -0.3 is 30.0 Å². The molecule has 1 saturated heterocycles. The number of aliphatic hydroxyl groups is 1. The van der Waals surface area contributed by atoms with E-state index in [0.717, 1.165) is 11.1 Å². The first-order valence-corrected chi connectivity index (χ1v) is 11.3. The molecule has 33 heavy (non-hydrogen) atoms. The number of fused-ring (bicyclic) bond motifs is 2. The van der Waals surface area contributed by atoms with Crippen molar-refractivity contribution in [3.05, 3.63) is 58.7 Å². The van der Waals surface area contributed by atoms with Gasteiger partial charge in [0.25, 0.3) is 11.8 Å². The van der Waals surface area contributed by atoms with Gasteiger partial charge in [-0.3, -0.25) is 9.59 Å². The number of rotatable bonds is 7. The summed E-state index contributed by atoms with van der Waals surface area (Å²) in [6.07, 6.45) is -0.241. The minimum absolute atomic E-state index is 0.0706. The van der Waals surface area contributed by atoms with Gasteiger partial charge in [-0.2, -0.15) is 0 Å². The summed E-state index contributed by atoms with van der Waals surface area (Å²) in [6, 6.07) is 11.2. The lowest BCUT2D eigenvalue weighted by Crippen LogP contribution is -2.30. The van der Waals surface area contributed by atoms with E-state index in [0.29, 0.717) is 47.7 Å². The predicted molar refractivity (Wildman–Crippen MR) is 120 cm³/mol. The number of hydrogen-bond acceptors (Lipinski definition) is 6. The molecule has 0 aromatic heterocycles. The van der Waals surface area contributed by atoms with Gasteiger partial charge in [0.05, 0.1) is 25.4 Å². The highest BCUT2D eigenvalue weighted by Crippen LogP contribution is 2.46. The van der Waals surface area contributed by atoms with Gasteiger partial charge in [0.15, 0.2) is 0 Å². The quantitative estimate of drug-likeness (QED) is 0.591. The van der Waals surface area contributed by atoms with Crippen molar-refractivity contribution in [2.45, 2.75) is 25.0 Å². The van der Waals surface area contributed by atoms with Gasteiger partial charge in [0.1, 0.15) is 24.2 Å². The highest BCUT2D eigenvalue weighted by Gasteiger charge is 2.54. The summed E-state index contributed by atoms with van der Waals surface area (Å²) in [5, 5.41) is 14.8. The molecule has 2 aliphatic heterocycles. The first kappa shape index (κ1) is 21.7. The molecule has 1 saturated carbocycles. The van der Waals surface area contributed by atoms with Crippen LogP contribution in [0, 0.1) is 11.8 Å². The van der Waals surface area contributed by atoms with Crippen LogP contribution in [0.3, 0.4) is 0 Å². The van der Waals surface area contributed by atoms with Crippen molar-refractivity contribution >= 4 is 11.8 Å². The smallest absolute Gasteiger partial charge is 0.254 e. The molecule has 1 aliphatic carbocycles. The maximum absolute atomic E-state index is 13.1. The van der Waals surface area contributed by atoms with Gasteiger partial charge in [-0.15, -0.1) is 0 Å². The Morgan fingerprint density at radius 1 is 1.15 bits per heavy atom. The zero-order valence-electron chi connectivity index (χ0n) is 18.7. The molecule has 0 bridgehead atoms. The molecule has 8 nitrogen and oxygen atoms in total. The van der Waals surface area contributed by atoms with E-state index in [4.69, 9.17) is 19.3 Å². The van der Waals surface area contributed by atoms with Crippen molar-refractivity contribution < 1.29 is 28.9 Å². The minimum Gasteiger partial charge on any atom is -0.491 e. The fourth-order valence-electron chi connectivity index (χ4n) is 5.06. The number of carbonyl (C=O) groups is 2. The van der Waals surface area contributed by atoms with Crippen LogP contribution in [0.4, 0.5) is 0 Å². The van der Waals surface area contributed by atoms with Gasteiger partial charge in [0.2, 0.25) is 0 Å². The van der Waals surface area contributed by atoms with Crippen LogP contribution in [-0.2, 0) is 4.74 Å². The lowest BCUT2D eigenvalue weighted by Gasteiger charge is -2.17. The Balaban J connectivity index is 1.50. The Bertz CT molecular complexity index is 1080. The van der Waals surface area contributed by atoms with Crippen LogP contribution in [0.1, 0.15) is 44.7 Å². The zero-order valence-corrected chi connectivity index (χ0v) is 18.7. The van der Waals surface area contributed by atoms with Crippen molar-refractivity contribution in [2.75, 3.05) is 33.5 Å². The third kappa shape index (κ3) is 3.94. The molecule has 2 amide bonds. The van der Waals surface area contributed by atoms with E-state index in [1.54, 1.807) is 13.1 Å². The average Bonchev–Trinajstić information content (AvgIpc) is 3.15. The molecule has 8 heteroatoms. The van der Waals surface area contributed by atoms with E-state index in [1.165, 1.54) is 0 Å². The number of hydrogen-bond donors (Lipinski definition) is 3. The Morgan fingerprint density at radius 3 is 2.67 bits per heavy atom. The lowest BCUT2D eigenvalue weighted by molar-refractivity contribution is 0.0928. The summed E-state index contributed by atoms with van der Waals surface area (Å²) >= 11 is 0. The second-order valence-corrected chi connectivity index (χ2v) is 8.83. The van der Waals surface area contributed by atoms with Gasteiger partial charge in [0, 0.05) is 42.0 Å². The summed E-state index contributed by atoms with van der Waals surface area (Å²) in [5.41, 5.74) is 2.54. The fourth-order valence-corrected chi connectivity index (χ4v) is 5.06. The number of carbonyl (C=O) groups excluding carboxylic acids is 2. The number of aliphatic hydroxyl groups excluding tert-OH is 1. The predicted octanol–water partition coefficient (Wildman–Crippen LogP) is 1.70. The number of benzene rings is 2. The van der Waals surface area contributed by atoms with Crippen molar-refractivity contribution in [3.8, 4) is 11.5 Å². The van der Waals surface area contributed by atoms with Crippen LogP contribution in [0.5, 0.6) is 11.5 Å². The van der Waals surface area contributed by atoms with Gasteiger partial charge in [-0.25, -0.2) is 0 Å². The van der Waals surface area contributed by atoms with Gasteiger partial charge in [-0.1, -0.05) is 12.1 Å². The first-order valence-electron chi connectivity index (χ1n) is 11.3. The second kappa shape index (κ2) is 8.68. The molecule has 5 rings (SSSR count).